The smallest absolute Gasteiger partial charge is 0.232 e. The second-order valence-corrected chi connectivity index (χ2v) is 10.7. The Morgan fingerprint density at radius 1 is 1.33 bits per heavy atom. The number of amides is 1. The first kappa shape index (κ1) is 23.5. The molecule has 0 radical (unpaired) electrons. The second kappa shape index (κ2) is 9.54. The third kappa shape index (κ3) is 4.40. The minimum atomic E-state index is -0.299. The van der Waals surface area contributed by atoms with Gasteiger partial charge < -0.3 is 15.5 Å². The first-order chi connectivity index (χ1) is 14.3. The van der Waals surface area contributed by atoms with Crippen LogP contribution in [0.3, 0.4) is 0 Å². The number of quaternary nitrogens is 1. The fourth-order valence-electron chi connectivity index (χ4n) is 7.06. The average Bonchev–Trinajstić information content (AvgIpc) is 2.94. The van der Waals surface area contributed by atoms with Crippen LogP contribution in [0.15, 0.2) is 0 Å². The van der Waals surface area contributed by atoms with E-state index in [0.717, 1.165) is 69.1 Å². The highest BCUT2D eigenvalue weighted by atomic mass is 16.2. The number of fused-ring (bicyclic) bond motifs is 3. The predicted molar refractivity (Wildman–Crippen MR) is 120 cm³/mol. The number of carbonyl (C=O) groups is 1. The number of carbonyl (C=O) groups excluding carboxylic acids is 1. The molecule has 3 aliphatic heterocycles. The molecule has 0 aliphatic carbocycles. The van der Waals surface area contributed by atoms with Crippen LogP contribution in [0, 0.1) is 34.5 Å². The molecule has 3 saturated heterocycles. The molecule has 6 heteroatoms. The van der Waals surface area contributed by atoms with Crippen LogP contribution in [0.1, 0.15) is 72.1 Å². The standard InChI is InChI=1S/C24H43N5O/c1-5-7-8-12-27-23(30)21-19-13-24(11-6-2)16-29(19,4)15-18(17(3)14-25)9-10-20(24)28-22(21)26/h17-22,28H,5-13,15-16,26H2,1-4H3/p+1. The van der Waals surface area contributed by atoms with Gasteiger partial charge in [-0.3, -0.25) is 10.1 Å². The van der Waals surface area contributed by atoms with Crippen LogP contribution in [0.25, 0.3) is 0 Å². The molecule has 170 valence electrons. The van der Waals surface area contributed by atoms with Crippen molar-refractivity contribution in [1.82, 2.24) is 10.6 Å². The summed E-state index contributed by atoms with van der Waals surface area (Å²) in [5, 5.41) is 16.6. The van der Waals surface area contributed by atoms with Crippen molar-refractivity contribution < 1.29 is 9.28 Å². The molecule has 4 N–H and O–H groups in total. The van der Waals surface area contributed by atoms with Crippen molar-refractivity contribution in [2.75, 3.05) is 26.7 Å². The molecule has 30 heavy (non-hydrogen) atoms. The van der Waals surface area contributed by atoms with Gasteiger partial charge in [-0.1, -0.05) is 33.1 Å². The maximum Gasteiger partial charge on any atom is 0.232 e. The van der Waals surface area contributed by atoms with Crippen LogP contribution in [0.2, 0.25) is 0 Å². The molecule has 8 unspecified atom stereocenters. The van der Waals surface area contributed by atoms with Gasteiger partial charge in [-0.25, -0.2) is 0 Å². The number of hydrogen-bond acceptors (Lipinski definition) is 4. The summed E-state index contributed by atoms with van der Waals surface area (Å²) in [5.74, 6) is 0.345. The van der Waals surface area contributed by atoms with Crippen molar-refractivity contribution in [2.45, 2.75) is 90.4 Å². The van der Waals surface area contributed by atoms with Crippen LogP contribution in [-0.2, 0) is 4.79 Å². The lowest BCUT2D eigenvalue weighted by Gasteiger charge is -2.49. The lowest BCUT2D eigenvalue weighted by molar-refractivity contribution is -0.930. The van der Waals surface area contributed by atoms with Gasteiger partial charge >= 0.3 is 0 Å². The molecule has 6 nitrogen and oxygen atoms in total. The molecule has 3 fully saturated rings. The van der Waals surface area contributed by atoms with Crippen molar-refractivity contribution in [1.29, 1.82) is 5.26 Å². The Morgan fingerprint density at radius 2 is 2.10 bits per heavy atom. The Morgan fingerprint density at radius 3 is 2.77 bits per heavy atom. The molecule has 0 spiro atoms. The maximum atomic E-state index is 13.4. The third-order valence-corrected chi connectivity index (χ3v) is 8.55. The first-order valence-corrected chi connectivity index (χ1v) is 12.3. The van der Waals surface area contributed by atoms with E-state index in [-0.39, 0.29) is 35.4 Å². The van der Waals surface area contributed by atoms with Gasteiger partial charge in [0.05, 0.1) is 38.3 Å². The van der Waals surface area contributed by atoms with Crippen LogP contribution in [0.5, 0.6) is 0 Å². The zero-order valence-electron chi connectivity index (χ0n) is 19.6. The van der Waals surface area contributed by atoms with Gasteiger partial charge in [0.15, 0.2) is 0 Å². The van der Waals surface area contributed by atoms with Crippen molar-refractivity contribution in [3.8, 4) is 6.07 Å². The number of unbranched alkanes of at least 4 members (excludes halogenated alkanes) is 2. The highest BCUT2D eigenvalue weighted by molar-refractivity contribution is 5.80. The van der Waals surface area contributed by atoms with E-state index in [0.29, 0.717) is 12.0 Å². The monoisotopic (exact) mass is 418 g/mol. The van der Waals surface area contributed by atoms with Gasteiger partial charge in [-0.2, -0.15) is 5.26 Å². The number of nitriles is 1. The summed E-state index contributed by atoms with van der Waals surface area (Å²) < 4.78 is 0.898. The van der Waals surface area contributed by atoms with E-state index < -0.39 is 0 Å². The summed E-state index contributed by atoms with van der Waals surface area (Å²) in [4.78, 5) is 13.4. The Labute approximate surface area is 183 Å². The minimum Gasteiger partial charge on any atom is -0.356 e. The minimum absolute atomic E-state index is 0.0509. The molecule has 3 heterocycles. The van der Waals surface area contributed by atoms with Gasteiger partial charge in [-0.15, -0.1) is 0 Å². The number of nitrogens with two attached hydrogens (primary N) is 1. The summed E-state index contributed by atoms with van der Waals surface area (Å²) in [7, 11) is 2.34. The molecular weight excluding hydrogens is 374 g/mol. The lowest BCUT2D eigenvalue weighted by Crippen LogP contribution is -2.67. The summed E-state index contributed by atoms with van der Waals surface area (Å²) in [5.41, 5.74) is 6.92. The molecule has 8 atom stereocenters. The van der Waals surface area contributed by atoms with E-state index in [2.05, 4.69) is 44.5 Å². The zero-order chi connectivity index (χ0) is 21.9. The van der Waals surface area contributed by atoms with E-state index in [1.165, 1.54) is 6.42 Å². The molecule has 0 aromatic rings. The highest BCUT2D eigenvalue weighted by Crippen LogP contribution is 2.53. The number of nitrogens with one attached hydrogen (secondary N) is 2. The molecule has 3 bridgehead atoms. The summed E-state index contributed by atoms with van der Waals surface area (Å²) in [6.45, 7) is 9.36. The van der Waals surface area contributed by atoms with Crippen LogP contribution < -0.4 is 16.4 Å². The lowest BCUT2D eigenvalue weighted by atomic mass is 9.71. The van der Waals surface area contributed by atoms with Crippen LogP contribution in [-0.4, -0.2) is 55.3 Å². The third-order valence-electron chi connectivity index (χ3n) is 8.55. The topological polar surface area (TPSA) is 90.9 Å². The molecule has 3 aliphatic rings. The van der Waals surface area contributed by atoms with Crippen molar-refractivity contribution in [3.63, 3.8) is 0 Å². The molecule has 0 aromatic heterocycles. The number of hydrogen-bond donors (Lipinski definition) is 3. The number of nitrogens with zero attached hydrogens (tertiary/aromatic N) is 2. The highest BCUT2D eigenvalue weighted by Gasteiger charge is 2.63. The molecular formula is C24H44N5O+. The Kier molecular flexibility index (Phi) is 7.48. The summed E-state index contributed by atoms with van der Waals surface area (Å²) >= 11 is 0. The average molecular weight is 419 g/mol. The van der Waals surface area contributed by atoms with Gasteiger partial charge in [0.1, 0.15) is 12.0 Å². The zero-order valence-corrected chi connectivity index (χ0v) is 19.6. The van der Waals surface area contributed by atoms with E-state index in [1.54, 1.807) is 0 Å². The SMILES string of the molecule is CCCCCNC(=O)C1C(N)NC2CCC(C(C)C#N)C[N+]3(C)CC2(CCC)CC13. The maximum absolute atomic E-state index is 13.4. The normalized spacial score (nSPS) is 41.4. The van der Waals surface area contributed by atoms with Gasteiger partial charge in [0.25, 0.3) is 0 Å². The second-order valence-electron chi connectivity index (χ2n) is 10.7. The number of rotatable bonds is 8. The van der Waals surface area contributed by atoms with Gasteiger partial charge in [0, 0.05) is 30.3 Å². The van der Waals surface area contributed by atoms with E-state index in [4.69, 9.17) is 5.73 Å². The van der Waals surface area contributed by atoms with Crippen molar-refractivity contribution in [3.05, 3.63) is 0 Å². The predicted octanol–water partition coefficient (Wildman–Crippen LogP) is 2.74. The Bertz CT molecular complexity index is 648. The van der Waals surface area contributed by atoms with E-state index >= 15 is 0 Å². The first-order valence-electron chi connectivity index (χ1n) is 12.3. The van der Waals surface area contributed by atoms with Gasteiger partial charge in [-0.05, 0) is 32.6 Å². The molecule has 1 amide bonds. The van der Waals surface area contributed by atoms with Crippen LogP contribution >= 0.6 is 0 Å². The quantitative estimate of drug-likeness (QED) is 0.417. The van der Waals surface area contributed by atoms with Gasteiger partial charge in [0.2, 0.25) is 5.91 Å². The van der Waals surface area contributed by atoms with E-state index in [1.807, 2.05) is 0 Å². The largest absolute Gasteiger partial charge is 0.356 e. The Hall–Kier alpha value is -1.16. The van der Waals surface area contributed by atoms with Crippen LogP contribution in [0.4, 0.5) is 0 Å². The summed E-state index contributed by atoms with van der Waals surface area (Å²) in [6.07, 6.45) is 8.56. The molecule has 0 saturated carbocycles. The Balaban J connectivity index is 1.92. The van der Waals surface area contributed by atoms with Crippen molar-refractivity contribution in [2.24, 2.45) is 28.9 Å². The molecule has 0 aromatic carbocycles. The fourth-order valence-corrected chi connectivity index (χ4v) is 7.06. The van der Waals surface area contributed by atoms with E-state index in [9.17, 15) is 10.1 Å². The fraction of sp³-hybridized carbons (Fsp3) is 0.917. The van der Waals surface area contributed by atoms with Crippen molar-refractivity contribution >= 4 is 5.91 Å². The summed E-state index contributed by atoms with van der Waals surface area (Å²) in [6, 6.07) is 3.07. The molecule has 3 rings (SSSR count).